The second kappa shape index (κ2) is 18.6. The van der Waals surface area contributed by atoms with Crippen molar-refractivity contribution in [3.63, 3.8) is 0 Å². The van der Waals surface area contributed by atoms with Crippen molar-refractivity contribution in [3.05, 3.63) is 67.7 Å². The molecule has 0 spiro atoms. The number of carboxylic acid groups (broad SMARTS) is 1. The lowest BCUT2D eigenvalue weighted by Crippen LogP contribution is -2.35. The first-order valence-electron chi connectivity index (χ1n) is 20.7. The Balaban J connectivity index is 0.000000201. The molecule has 8 rings (SSSR count). The zero-order valence-corrected chi connectivity index (χ0v) is 35.8. The second-order valence-electron chi connectivity index (χ2n) is 16.5. The van der Waals surface area contributed by atoms with Gasteiger partial charge < -0.3 is 58.9 Å². The van der Waals surface area contributed by atoms with Gasteiger partial charge >= 0.3 is 19.3 Å². The molecule has 348 valence electrons. The summed E-state index contributed by atoms with van der Waals surface area (Å²) in [6.07, 6.45) is 5.66. The van der Waals surface area contributed by atoms with Crippen molar-refractivity contribution >= 4 is 64.4 Å². The van der Waals surface area contributed by atoms with Gasteiger partial charge in [0.05, 0.1) is 49.4 Å². The highest BCUT2D eigenvalue weighted by molar-refractivity contribution is 6.44. The number of rotatable bonds is 13. The maximum absolute atomic E-state index is 15.5. The lowest BCUT2D eigenvalue weighted by molar-refractivity contribution is -0.139. The van der Waals surface area contributed by atoms with Gasteiger partial charge in [0, 0.05) is 88.4 Å². The smallest absolute Gasteiger partial charge is 0.492 e. The fraction of sp³-hybridized carbons (Fsp3) is 0.476. The van der Waals surface area contributed by atoms with Gasteiger partial charge in [0.2, 0.25) is 10.9 Å². The molecule has 2 aliphatic heterocycles. The van der Waals surface area contributed by atoms with Crippen LogP contribution in [0.15, 0.2) is 34.1 Å². The van der Waals surface area contributed by atoms with Crippen LogP contribution in [0.5, 0.6) is 11.5 Å². The number of carbonyl (C=O) groups excluding carboxylic acids is 3. The van der Waals surface area contributed by atoms with Crippen LogP contribution in [0, 0.1) is 23.5 Å². The number of alkyl halides is 2. The maximum atomic E-state index is 15.5. The number of halogens is 4. The summed E-state index contributed by atoms with van der Waals surface area (Å²) in [4.78, 5) is 76.2. The fourth-order valence-corrected chi connectivity index (χ4v) is 8.42. The van der Waals surface area contributed by atoms with Crippen molar-refractivity contribution in [3.8, 4) is 11.5 Å². The van der Waals surface area contributed by atoms with Crippen LogP contribution in [0.25, 0.3) is 21.8 Å². The third-order valence-corrected chi connectivity index (χ3v) is 11.9. The molecule has 4 aliphatic rings. The second-order valence-corrected chi connectivity index (χ2v) is 16.5. The summed E-state index contributed by atoms with van der Waals surface area (Å²) in [5.41, 5.74) is 10.3. The van der Waals surface area contributed by atoms with E-state index in [0.29, 0.717) is 5.52 Å². The molecule has 2 saturated carbocycles. The van der Waals surface area contributed by atoms with Crippen LogP contribution in [0.1, 0.15) is 72.3 Å². The summed E-state index contributed by atoms with van der Waals surface area (Å²) in [5.74, 6) is -6.63. The Morgan fingerprint density at radius 3 is 1.43 bits per heavy atom. The zero-order valence-electron chi connectivity index (χ0n) is 35.8. The van der Waals surface area contributed by atoms with Gasteiger partial charge in [-0.2, -0.15) is 0 Å². The number of carbonyl (C=O) groups is 4. The number of aromatic carboxylic acids is 1. The first-order valence-corrected chi connectivity index (χ1v) is 20.7. The predicted molar refractivity (Wildman–Crippen MR) is 227 cm³/mol. The first kappa shape index (κ1) is 46.6. The van der Waals surface area contributed by atoms with Crippen molar-refractivity contribution in [1.29, 1.82) is 0 Å². The number of hydrogen-bond donors (Lipinski definition) is 3. The molecule has 23 heteroatoms. The van der Waals surface area contributed by atoms with E-state index >= 15 is 8.78 Å². The molecule has 4 fully saturated rings. The number of aromatic nitrogens is 2. The Morgan fingerprint density at radius 1 is 0.692 bits per heavy atom. The molecule has 5 N–H and O–H groups in total. The Kier molecular flexibility index (Phi) is 13.4. The number of methoxy groups -OCH3 is 2. The molecule has 2 aromatic carbocycles. The molecule has 2 aliphatic carbocycles. The lowest BCUT2D eigenvalue weighted by atomic mass is 10.1. The highest BCUT2D eigenvalue weighted by Gasteiger charge is 2.40. The van der Waals surface area contributed by atoms with Gasteiger partial charge in [0.25, 0.3) is 11.9 Å². The van der Waals surface area contributed by atoms with Crippen LogP contribution in [-0.2, 0) is 23.6 Å². The number of hydrogen-bond acceptors (Lipinski definition) is 15. The third-order valence-electron chi connectivity index (χ3n) is 11.9. The van der Waals surface area contributed by atoms with Gasteiger partial charge in [0.1, 0.15) is 22.5 Å². The Morgan fingerprint density at radius 2 is 1.09 bits per heavy atom. The summed E-state index contributed by atoms with van der Waals surface area (Å²) in [7, 11) is 0.684. The van der Waals surface area contributed by atoms with Gasteiger partial charge in [0.15, 0.2) is 23.1 Å². The molecular formula is C42H47BF4N6O12. The van der Waals surface area contributed by atoms with Crippen molar-refractivity contribution in [2.45, 2.75) is 63.7 Å². The molecule has 0 radical (unpaired) electrons. The number of carboxylic acids is 1. The van der Waals surface area contributed by atoms with E-state index in [4.69, 9.17) is 25.6 Å². The molecule has 4 heterocycles. The van der Waals surface area contributed by atoms with Gasteiger partial charge in [-0.3, -0.25) is 28.0 Å². The van der Waals surface area contributed by atoms with E-state index < -0.39 is 102 Å². The summed E-state index contributed by atoms with van der Waals surface area (Å²) in [6, 6.07) is 1.01. The normalized spacial score (nSPS) is 20.3. The predicted octanol–water partition coefficient (Wildman–Crippen LogP) is 3.40. The minimum Gasteiger partial charge on any atom is -0.492 e. The van der Waals surface area contributed by atoms with Crippen molar-refractivity contribution in [2.75, 3.05) is 63.5 Å². The highest BCUT2D eigenvalue weighted by atomic mass is 19.1. The molecule has 4 aromatic rings. The Bertz CT molecular complexity index is 2680. The first-order chi connectivity index (χ1) is 30.9. The fourth-order valence-electron chi connectivity index (χ4n) is 8.42. The standard InChI is InChI=1S/C23H26BF2N3O8.C19H21F2N3O4/c1-11(30)35-24(36-12(2)31)37-23(33)16-9-29(14-4-5-14)19-15(21(16)32)6-17(26)20(22(19)34-3)28-8-13(7-25)18(27)10-28;1-28-18-15-11(17(25)12(19(26)27)7-24(15)10-2-3-10)4-13(21)16(18)23-6-9(5-20)14(22)8-23/h6,9,13-14,18H,4-5,7-8,10,27H2,1-3H3;4,7,9-10,14H,2-3,5-6,8,22H2,1H3,(H,26,27)/t13-,18+;9-,14+/m00/s1. The molecule has 0 unspecified atom stereocenters. The van der Waals surface area contributed by atoms with Crippen molar-refractivity contribution in [2.24, 2.45) is 23.3 Å². The van der Waals surface area contributed by atoms with Gasteiger partial charge in [-0.25, -0.2) is 18.4 Å². The van der Waals surface area contributed by atoms with Crippen LogP contribution in [0.4, 0.5) is 28.9 Å². The molecule has 18 nitrogen and oxygen atoms in total. The number of ether oxygens (including phenoxy) is 2. The Hall–Kier alpha value is -6.36. The molecule has 0 amide bonds. The van der Waals surface area contributed by atoms with Crippen molar-refractivity contribution in [1.82, 2.24) is 9.13 Å². The highest BCUT2D eigenvalue weighted by Crippen LogP contribution is 2.46. The molecule has 65 heavy (non-hydrogen) atoms. The average molecular weight is 915 g/mol. The van der Waals surface area contributed by atoms with Crippen LogP contribution < -0.4 is 41.6 Å². The molecule has 2 aromatic heterocycles. The van der Waals surface area contributed by atoms with E-state index in [9.17, 15) is 42.7 Å². The third kappa shape index (κ3) is 9.15. The lowest BCUT2D eigenvalue weighted by Gasteiger charge is -2.24. The molecule has 2 saturated heterocycles. The van der Waals surface area contributed by atoms with Gasteiger partial charge in [-0.05, 0) is 37.8 Å². The zero-order chi connectivity index (χ0) is 47.2. The summed E-state index contributed by atoms with van der Waals surface area (Å²) >= 11 is 0. The monoisotopic (exact) mass is 914 g/mol. The largest absolute Gasteiger partial charge is 0.870 e. The van der Waals surface area contributed by atoms with E-state index in [-0.39, 0.29) is 77.4 Å². The number of anilines is 2. The van der Waals surface area contributed by atoms with Crippen LogP contribution in [0.2, 0.25) is 0 Å². The molecule has 4 atom stereocenters. The van der Waals surface area contributed by atoms with E-state index in [1.807, 2.05) is 0 Å². The Labute approximate surface area is 368 Å². The molecule has 0 bridgehead atoms. The van der Waals surface area contributed by atoms with Crippen LogP contribution >= 0.6 is 0 Å². The van der Waals surface area contributed by atoms with Crippen molar-refractivity contribution < 1.29 is 65.3 Å². The number of pyridine rings is 2. The van der Waals surface area contributed by atoms with Gasteiger partial charge in [-0.1, -0.05) is 0 Å². The topological polar surface area (TPSA) is 237 Å². The van der Waals surface area contributed by atoms with Crippen LogP contribution in [-0.4, -0.2) is 111 Å². The number of fused-ring (bicyclic) bond motifs is 2. The molecular weight excluding hydrogens is 867 g/mol. The summed E-state index contributed by atoms with van der Waals surface area (Å²) in [5, 5.41) is 9.17. The van der Waals surface area contributed by atoms with E-state index in [2.05, 4.69) is 9.31 Å². The van der Waals surface area contributed by atoms with Gasteiger partial charge in [-0.15, -0.1) is 0 Å². The summed E-state index contributed by atoms with van der Waals surface area (Å²) in [6.45, 7) is 1.61. The van der Waals surface area contributed by atoms with E-state index in [0.717, 1.165) is 51.7 Å². The number of benzene rings is 2. The number of nitrogens with zero attached hydrogens (tertiary/aromatic N) is 4. The van der Waals surface area contributed by atoms with E-state index in [1.54, 1.807) is 18.9 Å². The van der Waals surface area contributed by atoms with Crippen LogP contribution in [0.3, 0.4) is 0 Å². The summed E-state index contributed by atoms with van der Waals surface area (Å²) < 4.78 is 85.8. The number of nitrogens with two attached hydrogens (primary N) is 2. The maximum Gasteiger partial charge on any atom is 0.870 e. The SMILES string of the molecule is COc1c(N2C[C@H](CF)[C@H](N)C2)c(F)cc2c(=O)c(C(=O)O)cn(C3CC3)c12.COc1c(N2C[C@H](CF)[C@H](N)C2)c(F)cc2c(=O)c(C(=O)OB(OC(C)=O)OC(C)=O)cn(C3CC3)c12. The minimum atomic E-state index is -2.01. The van der Waals surface area contributed by atoms with E-state index in [1.165, 1.54) is 26.6 Å². The minimum absolute atomic E-state index is 0.0211. The quantitative estimate of drug-likeness (QED) is 0.129. The average Bonchev–Trinajstić information content (AvgIpc) is 4.19.